The van der Waals surface area contributed by atoms with E-state index in [4.69, 9.17) is 4.74 Å². The fraction of sp³-hybridized carbons (Fsp3) is 0.458. The normalized spacial score (nSPS) is 20.8. The zero-order chi connectivity index (χ0) is 20.9. The zero-order valence-electron chi connectivity index (χ0n) is 17.2. The van der Waals surface area contributed by atoms with Gasteiger partial charge in [-0.05, 0) is 54.2 Å². The molecule has 0 saturated carbocycles. The van der Waals surface area contributed by atoms with Crippen molar-refractivity contribution in [1.29, 1.82) is 0 Å². The number of rotatable bonds is 8. The molecule has 0 aliphatic carbocycles. The average molecular weight is 415 g/mol. The zero-order valence-corrected chi connectivity index (χ0v) is 18.0. The first-order chi connectivity index (χ1) is 13.9. The average Bonchev–Trinajstić information content (AvgIpc) is 2.72. The number of unbranched alkanes of at least 4 members (excludes halogenated alkanes) is 3. The molecule has 29 heavy (non-hydrogen) atoms. The van der Waals surface area contributed by atoms with Crippen LogP contribution in [0.15, 0.2) is 47.4 Å². The van der Waals surface area contributed by atoms with Crippen LogP contribution in [0.2, 0.25) is 0 Å². The summed E-state index contributed by atoms with van der Waals surface area (Å²) in [6, 6.07) is 13.3. The van der Waals surface area contributed by atoms with Gasteiger partial charge in [-0.15, -0.1) is 11.8 Å². The van der Waals surface area contributed by atoms with Crippen molar-refractivity contribution >= 4 is 17.7 Å². The lowest BCUT2D eigenvalue weighted by Gasteiger charge is -2.43. The van der Waals surface area contributed by atoms with Crippen LogP contribution in [-0.4, -0.2) is 29.0 Å². The van der Waals surface area contributed by atoms with Crippen LogP contribution in [-0.2, 0) is 14.9 Å². The number of phenols is 2. The minimum Gasteiger partial charge on any atom is -0.508 e. The van der Waals surface area contributed by atoms with Gasteiger partial charge in [-0.3, -0.25) is 4.79 Å². The van der Waals surface area contributed by atoms with Crippen LogP contribution in [0.3, 0.4) is 0 Å². The number of hydrogen-bond acceptors (Lipinski definition) is 5. The maximum Gasteiger partial charge on any atom is 0.305 e. The Morgan fingerprint density at radius 3 is 2.48 bits per heavy atom. The lowest BCUT2D eigenvalue weighted by molar-refractivity contribution is -0.140. The van der Waals surface area contributed by atoms with Crippen LogP contribution in [0.5, 0.6) is 11.5 Å². The molecule has 0 spiro atoms. The van der Waals surface area contributed by atoms with Gasteiger partial charge in [0.15, 0.2) is 0 Å². The van der Waals surface area contributed by atoms with Gasteiger partial charge in [-0.25, -0.2) is 0 Å². The number of hydrogen-bond donors (Lipinski definition) is 2. The molecule has 2 aromatic rings. The molecule has 4 nitrogen and oxygen atoms in total. The summed E-state index contributed by atoms with van der Waals surface area (Å²) in [7, 11) is 1.43. The van der Waals surface area contributed by atoms with E-state index in [1.54, 1.807) is 30.0 Å². The number of ether oxygens (including phenoxy) is 1. The summed E-state index contributed by atoms with van der Waals surface area (Å²) in [5, 5.41) is 19.6. The van der Waals surface area contributed by atoms with Crippen molar-refractivity contribution < 1.29 is 19.7 Å². The molecule has 2 atom stereocenters. The van der Waals surface area contributed by atoms with E-state index in [2.05, 4.69) is 13.0 Å². The first kappa shape index (κ1) is 21.6. The fourth-order valence-corrected chi connectivity index (χ4v) is 5.69. The molecule has 0 saturated heterocycles. The van der Waals surface area contributed by atoms with Gasteiger partial charge in [0.05, 0.1) is 7.11 Å². The van der Waals surface area contributed by atoms with E-state index in [-0.39, 0.29) is 17.1 Å². The molecular formula is C24H30O4S. The minimum atomic E-state index is -0.136. The fourth-order valence-electron chi connectivity index (χ4n) is 4.28. The van der Waals surface area contributed by atoms with Gasteiger partial charge < -0.3 is 14.9 Å². The summed E-state index contributed by atoms with van der Waals surface area (Å²) in [6.45, 7) is 2.31. The molecular weight excluding hydrogens is 384 g/mol. The largest absolute Gasteiger partial charge is 0.508 e. The van der Waals surface area contributed by atoms with Gasteiger partial charge in [0.25, 0.3) is 0 Å². The Hall–Kier alpha value is -2.14. The quantitative estimate of drug-likeness (QED) is 0.425. The van der Waals surface area contributed by atoms with Crippen molar-refractivity contribution in [2.75, 3.05) is 12.9 Å². The summed E-state index contributed by atoms with van der Waals surface area (Å²) in [5.74, 6) is 1.73. The molecule has 2 N–H and O–H groups in total. The Kier molecular flexibility index (Phi) is 7.12. The van der Waals surface area contributed by atoms with Gasteiger partial charge in [0.1, 0.15) is 11.5 Å². The Morgan fingerprint density at radius 2 is 1.76 bits per heavy atom. The predicted molar refractivity (Wildman–Crippen MR) is 117 cm³/mol. The lowest BCUT2D eigenvalue weighted by Crippen LogP contribution is -2.36. The topological polar surface area (TPSA) is 66.8 Å². The van der Waals surface area contributed by atoms with E-state index in [1.807, 2.05) is 18.2 Å². The second-order valence-corrected chi connectivity index (χ2v) is 9.07. The van der Waals surface area contributed by atoms with Crippen molar-refractivity contribution in [3.05, 3.63) is 53.6 Å². The highest BCUT2D eigenvalue weighted by atomic mass is 32.2. The maximum absolute atomic E-state index is 11.3. The number of aromatic hydroxyl groups is 2. The van der Waals surface area contributed by atoms with Crippen LogP contribution < -0.4 is 0 Å². The molecule has 0 bridgehead atoms. The monoisotopic (exact) mass is 414 g/mol. The highest BCUT2D eigenvalue weighted by Gasteiger charge is 2.41. The van der Waals surface area contributed by atoms with E-state index in [1.165, 1.54) is 18.2 Å². The molecule has 3 rings (SSSR count). The van der Waals surface area contributed by atoms with Crippen LogP contribution in [0, 0.1) is 0 Å². The van der Waals surface area contributed by atoms with Crippen LogP contribution >= 0.6 is 11.8 Å². The number of benzene rings is 2. The van der Waals surface area contributed by atoms with Gasteiger partial charge in [0, 0.05) is 22.5 Å². The van der Waals surface area contributed by atoms with Gasteiger partial charge in [-0.1, -0.05) is 44.4 Å². The summed E-state index contributed by atoms with van der Waals surface area (Å²) in [5.41, 5.74) is 2.48. The highest BCUT2D eigenvalue weighted by Crippen LogP contribution is 2.52. The Labute approximate surface area is 177 Å². The highest BCUT2D eigenvalue weighted by molar-refractivity contribution is 7.99. The summed E-state index contributed by atoms with van der Waals surface area (Å²) < 4.78 is 4.71. The third-order valence-corrected chi connectivity index (χ3v) is 7.46. The van der Waals surface area contributed by atoms with E-state index in [9.17, 15) is 15.0 Å². The Balaban J connectivity index is 1.75. The molecule has 2 unspecified atom stereocenters. The summed E-state index contributed by atoms with van der Waals surface area (Å²) in [4.78, 5) is 12.4. The molecule has 0 radical (unpaired) electrons. The van der Waals surface area contributed by atoms with Gasteiger partial charge in [-0.2, -0.15) is 0 Å². The van der Waals surface area contributed by atoms with Crippen molar-refractivity contribution in [3.8, 4) is 11.5 Å². The standard InChI is InChI=1S/C24H30O4S/c1-24(17-9-11-18(25)12-10-17)16-29-22-15-19(26)13-14-20(22)21(24)7-5-3-4-6-8-23(27)28-2/h9-15,21,25-26H,3-8,16H2,1-2H3. The van der Waals surface area contributed by atoms with E-state index < -0.39 is 0 Å². The van der Waals surface area contributed by atoms with E-state index in [0.29, 0.717) is 18.1 Å². The summed E-state index contributed by atoms with van der Waals surface area (Å²) >= 11 is 1.79. The van der Waals surface area contributed by atoms with E-state index >= 15 is 0 Å². The summed E-state index contributed by atoms with van der Waals surface area (Å²) in [6.07, 6.45) is 5.60. The smallest absolute Gasteiger partial charge is 0.305 e. The van der Waals surface area contributed by atoms with Gasteiger partial charge >= 0.3 is 5.97 Å². The molecule has 0 aromatic heterocycles. The van der Waals surface area contributed by atoms with Crippen molar-refractivity contribution in [2.24, 2.45) is 0 Å². The molecule has 2 aromatic carbocycles. The number of phenolic OH excluding ortho intramolecular Hbond substituents is 2. The third kappa shape index (κ3) is 5.08. The number of carbonyl (C=O) groups excluding carboxylic acids is 1. The molecule has 156 valence electrons. The number of thioether (sulfide) groups is 1. The first-order valence-corrected chi connectivity index (χ1v) is 11.2. The predicted octanol–water partition coefficient (Wildman–Crippen LogP) is 5.76. The minimum absolute atomic E-state index is 0.0473. The molecule has 1 aliphatic rings. The Bertz CT molecular complexity index is 833. The molecule has 5 heteroatoms. The SMILES string of the molecule is COC(=O)CCCCCCC1c2ccc(O)cc2SCC1(C)c1ccc(O)cc1. The number of fused-ring (bicyclic) bond motifs is 1. The van der Waals surface area contributed by atoms with Crippen LogP contribution in [0.25, 0.3) is 0 Å². The first-order valence-electron chi connectivity index (χ1n) is 10.3. The lowest BCUT2D eigenvalue weighted by atomic mass is 9.68. The second kappa shape index (κ2) is 9.57. The Morgan fingerprint density at radius 1 is 1.07 bits per heavy atom. The number of carbonyl (C=O) groups is 1. The number of methoxy groups -OCH3 is 1. The third-order valence-electron chi connectivity index (χ3n) is 6.05. The molecule has 0 fully saturated rings. The van der Waals surface area contributed by atoms with Crippen molar-refractivity contribution in [2.45, 2.75) is 61.7 Å². The number of esters is 1. The van der Waals surface area contributed by atoms with Crippen LogP contribution in [0.1, 0.15) is 62.5 Å². The second-order valence-electron chi connectivity index (χ2n) is 8.06. The van der Waals surface area contributed by atoms with Crippen LogP contribution in [0.4, 0.5) is 0 Å². The molecule has 0 amide bonds. The maximum atomic E-state index is 11.3. The van der Waals surface area contributed by atoms with E-state index in [0.717, 1.165) is 42.8 Å². The molecule has 1 heterocycles. The van der Waals surface area contributed by atoms with Crippen molar-refractivity contribution in [1.82, 2.24) is 0 Å². The van der Waals surface area contributed by atoms with Gasteiger partial charge in [0.2, 0.25) is 0 Å². The molecule has 1 aliphatic heterocycles. The van der Waals surface area contributed by atoms with Crippen molar-refractivity contribution in [3.63, 3.8) is 0 Å².